The van der Waals surface area contributed by atoms with E-state index in [1.807, 2.05) is 28.7 Å². The van der Waals surface area contributed by atoms with E-state index < -0.39 is 0 Å². The zero-order valence-corrected chi connectivity index (χ0v) is 17.7. The Balaban J connectivity index is 1.83. The summed E-state index contributed by atoms with van der Waals surface area (Å²) in [6, 6.07) is 12.1. The van der Waals surface area contributed by atoms with Crippen molar-refractivity contribution in [3.8, 4) is 0 Å². The standard InChI is InChI=1S/C21H20ClFN4OS/c1-13(2)10-11-26-19(28)14-6-3-4-9-18(14)27-20(26)24-25-21(27)29-12-15-16(22)7-5-8-17(15)23/h3-9,13H,10-12H2,1-2H3. The van der Waals surface area contributed by atoms with Crippen LogP contribution in [0.1, 0.15) is 25.8 Å². The molecule has 0 N–H and O–H groups in total. The van der Waals surface area contributed by atoms with Gasteiger partial charge in [0.05, 0.1) is 10.9 Å². The average Bonchev–Trinajstić information content (AvgIpc) is 3.11. The van der Waals surface area contributed by atoms with Crippen LogP contribution in [0.4, 0.5) is 4.39 Å². The van der Waals surface area contributed by atoms with Crippen molar-refractivity contribution in [3.63, 3.8) is 0 Å². The van der Waals surface area contributed by atoms with E-state index >= 15 is 0 Å². The van der Waals surface area contributed by atoms with Crippen molar-refractivity contribution in [1.82, 2.24) is 19.2 Å². The number of halogens is 2. The normalized spacial score (nSPS) is 11.8. The molecule has 2 aromatic heterocycles. The van der Waals surface area contributed by atoms with Crippen LogP contribution in [-0.4, -0.2) is 19.2 Å². The van der Waals surface area contributed by atoms with E-state index in [4.69, 9.17) is 11.6 Å². The largest absolute Gasteiger partial charge is 0.276 e. The molecule has 29 heavy (non-hydrogen) atoms. The first-order chi connectivity index (χ1) is 14.0. The number of hydrogen-bond donors (Lipinski definition) is 0. The Kier molecular flexibility index (Phi) is 5.61. The molecular formula is C21H20ClFN4OS. The number of nitrogens with zero attached hydrogens (tertiary/aromatic N) is 4. The van der Waals surface area contributed by atoms with E-state index in [9.17, 15) is 9.18 Å². The van der Waals surface area contributed by atoms with Crippen LogP contribution < -0.4 is 5.56 Å². The average molecular weight is 431 g/mol. The Hall–Kier alpha value is -2.38. The number of thioether (sulfide) groups is 1. The van der Waals surface area contributed by atoms with Crippen LogP contribution in [0.25, 0.3) is 16.7 Å². The summed E-state index contributed by atoms with van der Waals surface area (Å²) in [6.45, 7) is 4.80. The quantitative estimate of drug-likeness (QED) is 0.396. The van der Waals surface area contributed by atoms with Crippen LogP contribution in [0.15, 0.2) is 52.4 Å². The van der Waals surface area contributed by atoms with E-state index in [1.54, 1.807) is 16.7 Å². The first kappa shape index (κ1) is 19.9. The molecule has 0 aliphatic rings. The fourth-order valence-electron chi connectivity index (χ4n) is 3.22. The zero-order valence-electron chi connectivity index (χ0n) is 16.1. The van der Waals surface area contributed by atoms with Crippen molar-refractivity contribution in [2.24, 2.45) is 5.92 Å². The summed E-state index contributed by atoms with van der Waals surface area (Å²) in [4.78, 5) is 13.0. The number of fused-ring (bicyclic) bond motifs is 3. The topological polar surface area (TPSA) is 52.2 Å². The molecule has 0 amide bonds. The summed E-state index contributed by atoms with van der Waals surface area (Å²) in [5.41, 5.74) is 1.09. The van der Waals surface area contributed by atoms with Gasteiger partial charge >= 0.3 is 0 Å². The van der Waals surface area contributed by atoms with Gasteiger partial charge in [0.2, 0.25) is 5.78 Å². The minimum absolute atomic E-state index is 0.0742. The molecule has 8 heteroatoms. The lowest BCUT2D eigenvalue weighted by atomic mass is 10.1. The maximum absolute atomic E-state index is 14.2. The van der Waals surface area contributed by atoms with Crippen molar-refractivity contribution >= 4 is 40.0 Å². The Morgan fingerprint density at radius 1 is 1.14 bits per heavy atom. The fraction of sp³-hybridized carbons (Fsp3) is 0.286. The Bertz CT molecular complexity index is 1230. The smallest absolute Gasteiger partial charge is 0.262 e. The summed E-state index contributed by atoms with van der Waals surface area (Å²) in [5.74, 6) is 0.911. The third kappa shape index (κ3) is 3.76. The number of hydrogen-bond acceptors (Lipinski definition) is 4. The molecule has 4 aromatic rings. The highest BCUT2D eigenvalue weighted by atomic mass is 35.5. The Labute approximate surface area is 176 Å². The second-order valence-corrected chi connectivity index (χ2v) is 8.61. The lowest BCUT2D eigenvalue weighted by Crippen LogP contribution is -2.24. The Morgan fingerprint density at radius 3 is 2.69 bits per heavy atom. The van der Waals surface area contributed by atoms with Crippen LogP contribution in [0, 0.1) is 11.7 Å². The molecule has 0 spiro atoms. The molecule has 0 unspecified atom stereocenters. The summed E-state index contributed by atoms with van der Waals surface area (Å²) < 4.78 is 17.7. The van der Waals surface area contributed by atoms with Crippen LogP contribution in [0.2, 0.25) is 5.02 Å². The van der Waals surface area contributed by atoms with Gasteiger partial charge in [0, 0.05) is 22.9 Å². The summed E-state index contributed by atoms with van der Waals surface area (Å²) in [7, 11) is 0. The first-order valence-electron chi connectivity index (χ1n) is 9.39. The van der Waals surface area contributed by atoms with E-state index in [1.165, 1.54) is 17.8 Å². The first-order valence-corrected chi connectivity index (χ1v) is 10.8. The minimum Gasteiger partial charge on any atom is -0.276 e. The van der Waals surface area contributed by atoms with Gasteiger partial charge in [0.15, 0.2) is 5.16 Å². The molecule has 4 rings (SSSR count). The predicted octanol–water partition coefficient (Wildman–Crippen LogP) is 5.18. The predicted molar refractivity (Wildman–Crippen MR) is 115 cm³/mol. The van der Waals surface area contributed by atoms with Gasteiger partial charge in [-0.25, -0.2) is 4.39 Å². The summed E-state index contributed by atoms with van der Waals surface area (Å²) in [6.07, 6.45) is 0.855. The van der Waals surface area contributed by atoms with Gasteiger partial charge in [0.25, 0.3) is 5.56 Å². The number of rotatable bonds is 6. The molecule has 0 fully saturated rings. The molecule has 0 aliphatic carbocycles. The van der Waals surface area contributed by atoms with E-state index in [-0.39, 0.29) is 11.4 Å². The van der Waals surface area contributed by atoms with Gasteiger partial charge < -0.3 is 0 Å². The van der Waals surface area contributed by atoms with Crippen molar-refractivity contribution in [3.05, 3.63) is 69.2 Å². The number of benzene rings is 2. The molecule has 150 valence electrons. The Morgan fingerprint density at radius 2 is 1.93 bits per heavy atom. The highest BCUT2D eigenvalue weighted by Crippen LogP contribution is 2.29. The monoisotopic (exact) mass is 430 g/mol. The van der Waals surface area contributed by atoms with Gasteiger partial charge in [-0.15, -0.1) is 10.2 Å². The van der Waals surface area contributed by atoms with Crippen molar-refractivity contribution in [2.45, 2.75) is 37.7 Å². The molecule has 0 aliphatic heterocycles. The second kappa shape index (κ2) is 8.16. The maximum Gasteiger partial charge on any atom is 0.262 e. The summed E-state index contributed by atoms with van der Waals surface area (Å²) in [5, 5.41) is 10.2. The molecule has 0 radical (unpaired) electrons. The zero-order chi connectivity index (χ0) is 20.5. The van der Waals surface area contributed by atoms with E-state index in [0.29, 0.717) is 45.1 Å². The van der Waals surface area contributed by atoms with Gasteiger partial charge in [-0.3, -0.25) is 13.8 Å². The van der Waals surface area contributed by atoms with Crippen molar-refractivity contribution in [2.75, 3.05) is 0 Å². The SMILES string of the molecule is CC(C)CCn1c(=O)c2ccccc2n2c(SCc3c(F)cccc3Cl)nnc12. The molecule has 0 saturated heterocycles. The highest BCUT2D eigenvalue weighted by molar-refractivity contribution is 7.98. The van der Waals surface area contributed by atoms with E-state index in [2.05, 4.69) is 24.0 Å². The molecule has 0 bridgehead atoms. The summed E-state index contributed by atoms with van der Waals surface area (Å²) >= 11 is 7.50. The third-order valence-corrected chi connectivity index (χ3v) is 6.13. The number of para-hydroxylation sites is 1. The number of aryl methyl sites for hydroxylation is 1. The highest BCUT2D eigenvalue weighted by Gasteiger charge is 2.18. The van der Waals surface area contributed by atoms with Crippen molar-refractivity contribution in [1.29, 1.82) is 0 Å². The molecule has 2 heterocycles. The van der Waals surface area contributed by atoms with Gasteiger partial charge in [-0.1, -0.05) is 55.4 Å². The molecule has 0 saturated carbocycles. The third-order valence-electron chi connectivity index (χ3n) is 4.82. The van der Waals surface area contributed by atoms with Crippen molar-refractivity contribution < 1.29 is 4.39 Å². The molecular weight excluding hydrogens is 411 g/mol. The molecule has 5 nitrogen and oxygen atoms in total. The fourth-order valence-corrected chi connectivity index (χ4v) is 4.51. The minimum atomic E-state index is -0.350. The van der Waals surface area contributed by atoms with Gasteiger partial charge in [0.1, 0.15) is 5.82 Å². The van der Waals surface area contributed by atoms with Gasteiger partial charge in [-0.2, -0.15) is 0 Å². The molecule has 0 atom stereocenters. The van der Waals surface area contributed by atoms with Crippen LogP contribution >= 0.6 is 23.4 Å². The van der Waals surface area contributed by atoms with Crippen LogP contribution in [-0.2, 0) is 12.3 Å². The maximum atomic E-state index is 14.2. The van der Waals surface area contributed by atoms with Gasteiger partial charge in [-0.05, 0) is 36.6 Å². The van der Waals surface area contributed by atoms with Crippen LogP contribution in [0.3, 0.4) is 0 Å². The molecule has 2 aromatic carbocycles. The number of aromatic nitrogens is 4. The lowest BCUT2D eigenvalue weighted by Gasteiger charge is -2.12. The lowest BCUT2D eigenvalue weighted by molar-refractivity contribution is 0.512. The van der Waals surface area contributed by atoms with Crippen LogP contribution in [0.5, 0.6) is 0 Å². The second-order valence-electron chi connectivity index (χ2n) is 7.26. The van der Waals surface area contributed by atoms with E-state index in [0.717, 1.165) is 11.9 Å².